The highest BCUT2D eigenvalue weighted by molar-refractivity contribution is 14.0. The number of hydrogen-bond donors (Lipinski definition) is 3. The van der Waals surface area contributed by atoms with Crippen LogP contribution in [0.25, 0.3) is 0 Å². The summed E-state index contributed by atoms with van der Waals surface area (Å²) in [6.45, 7) is 7.88. The fraction of sp³-hybridized carbons (Fsp3) is 0.824. The lowest BCUT2D eigenvalue weighted by atomic mass is 9.93. The van der Waals surface area contributed by atoms with Gasteiger partial charge in [-0.2, -0.15) is 0 Å². The number of aliphatic hydroxyl groups excluding tert-OH is 1. The molecule has 7 nitrogen and oxygen atoms in total. The van der Waals surface area contributed by atoms with E-state index in [-0.39, 0.29) is 30.1 Å². The van der Waals surface area contributed by atoms with Crippen LogP contribution in [0.2, 0.25) is 0 Å². The smallest absolute Gasteiger partial charge is 0.191 e. The van der Waals surface area contributed by atoms with Crippen molar-refractivity contribution in [1.82, 2.24) is 25.4 Å². The summed E-state index contributed by atoms with van der Waals surface area (Å²) in [5.74, 6) is 1.87. The van der Waals surface area contributed by atoms with E-state index in [0.29, 0.717) is 18.6 Å². The molecule has 1 aliphatic carbocycles. The highest BCUT2D eigenvalue weighted by Gasteiger charge is 2.20. The number of rotatable bonds is 7. The minimum atomic E-state index is -0.132. The molecule has 8 heteroatoms. The van der Waals surface area contributed by atoms with E-state index in [1.165, 1.54) is 0 Å². The lowest BCUT2D eigenvalue weighted by Crippen LogP contribution is -2.48. The van der Waals surface area contributed by atoms with Gasteiger partial charge in [0.15, 0.2) is 5.96 Å². The second kappa shape index (κ2) is 11.7. The van der Waals surface area contributed by atoms with Crippen LogP contribution in [0.3, 0.4) is 0 Å². The Kier molecular flexibility index (Phi) is 10.3. The first-order chi connectivity index (χ1) is 11.6. The second-order valence-electron chi connectivity index (χ2n) is 6.63. The maximum absolute atomic E-state index is 9.65. The molecule has 1 heterocycles. The van der Waals surface area contributed by atoms with Gasteiger partial charge < -0.3 is 20.3 Å². The van der Waals surface area contributed by atoms with Gasteiger partial charge in [-0.3, -0.25) is 4.99 Å². The van der Waals surface area contributed by atoms with Crippen LogP contribution in [-0.4, -0.2) is 50.6 Å². The zero-order chi connectivity index (χ0) is 17.4. The van der Waals surface area contributed by atoms with Crippen molar-refractivity contribution in [3.8, 4) is 0 Å². The Morgan fingerprint density at radius 2 is 2.08 bits per heavy atom. The van der Waals surface area contributed by atoms with Crippen molar-refractivity contribution in [2.24, 2.45) is 4.99 Å². The molecule has 0 aromatic carbocycles. The van der Waals surface area contributed by atoms with E-state index in [1.807, 2.05) is 0 Å². The molecule has 3 N–H and O–H groups in total. The molecule has 0 spiro atoms. The van der Waals surface area contributed by atoms with E-state index in [0.717, 1.165) is 56.9 Å². The number of aromatic nitrogens is 3. The Morgan fingerprint density at radius 3 is 2.72 bits per heavy atom. The largest absolute Gasteiger partial charge is 0.393 e. The summed E-state index contributed by atoms with van der Waals surface area (Å²) in [7, 11) is 0. The second-order valence-corrected chi connectivity index (χ2v) is 6.63. The van der Waals surface area contributed by atoms with Gasteiger partial charge in [-0.05, 0) is 39.0 Å². The van der Waals surface area contributed by atoms with Gasteiger partial charge in [-0.1, -0.05) is 13.8 Å². The summed E-state index contributed by atoms with van der Waals surface area (Å²) in [5, 5.41) is 24.7. The highest BCUT2D eigenvalue weighted by Crippen LogP contribution is 2.18. The molecular weight excluding hydrogens is 431 g/mol. The number of halogens is 1. The number of aliphatic imine (C=N–C) groups is 1. The van der Waals surface area contributed by atoms with Gasteiger partial charge in [-0.15, -0.1) is 34.2 Å². The maximum atomic E-state index is 9.65. The molecule has 0 radical (unpaired) electrons. The topological polar surface area (TPSA) is 87.4 Å². The molecule has 2 rings (SSSR count). The van der Waals surface area contributed by atoms with E-state index in [4.69, 9.17) is 4.99 Å². The molecule has 1 fully saturated rings. The molecule has 1 saturated carbocycles. The van der Waals surface area contributed by atoms with Crippen LogP contribution in [0.15, 0.2) is 11.3 Å². The average molecular weight is 464 g/mol. The molecule has 0 amide bonds. The maximum Gasteiger partial charge on any atom is 0.191 e. The molecule has 1 aromatic rings. The number of guanidine groups is 1. The average Bonchev–Trinajstić information content (AvgIpc) is 3.04. The van der Waals surface area contributed by atoms with Gasteiger partial charge >= 0.3 is 0 Å². The van der Waals surface area contributed by atoms with Crippen LogP contribution in [0.4, 0.5) is 0 Å². The van der Waals surface area contributed by atoms with Gasteiger partial charge in [0, 0.05) is 25.0 Å². The Hall–Kier alpha value is -0.900. The molecule has 0 aliphatic heterocycles. The SMILES string of the molecule is CCc1nncn1CCN=C(NC(C)CC)NC1CCC(O)CC1.I. The van der Waals surface area contributed by atoms with Crippen molar-refractivity contribution in [2.75, 3.05) is 6.54 Å². The minimum Gasteiger partial charge on any atom is -0.393 e. The van der Waals surface area contributed by atoms with Crippen LogP contribution in [-0.2, 0) is 13.0 Å². The van der Waals surface area contributed by atoms with Crippen molar-refractivity contribution >= 4 is 29.9 Å². The number of nitrogens with zero attached hydrogens (tertiary/aromatic N) is 4. The number of nitrogens with one attached hydrogen (secondary N) is 2. The lowest BCUT2D eigenvalue weighted by molar-refractivity contribution is 0.120. The van der Waals surface area contributed by atoms with Crippen LogP contribution in [0.5, 0.6) is 0 Å². The molecule has 1 aromatic heterocycles. The molecule has 1 atom stereocenters. The van der Waals surface area contributed by atoms with Crippen LogP contribution >= 0.6 is 24.0 Å². The zero-order valence-corrected chi connectivity index (χ0v) is 17.9. The highest BCUT2D eigenvalue weighted by atomic mass is 127. The molecule has 1 unspecified atom stereocenters. The van der Waals surface area contributed by atoms with Crippen LogP contribution < -0.4 is 10.6 Å². The van der Waals surface area contributed by atoms with Gasteiger partial charge in [0.05, 0.1) is 12.6 Å². The molecule has 0 bridgehead atoms. The van der Waals surface area contributed by atoms with Crippen LogP contribution in [0.1, 0.15) is 58.7 Å². The standard InChI is InChI=1S/C17H32N6O.HI/c1-4-13(3)20-17(21-14-6-8-15(24)9-7-14)18-10-11-23-12-19-22-16(23)5-2;/h12-15,24H,4-11H2,1-3H3,(H2,18,20,21);1H. The molecular formula is C17H33IN6O. The summed E-state index contributed by atoms with van der Waals surface area (Å²) in [4.78, 5) is 4.73. The first kappa shape index (κ1) is 22.1. The number of aryl methyl sites for hydroxylation is 1. The lowest BCUT2D eigenvalue weighted by Gasteiger charge is -2.28. The zero-order valence-electron chi connectivity index (χ0n) is 15.6. The van der Waals surface area contributed by atoms with Crippen molar-refractivity contribution in [1.29, 1.82) is 0 Å². The predicted octanol–water partition coefficient (Wildman–Crippen LogP) is 2.10. The van der Waals surface area contributed by atoms with Gasteiger partial charge in [0.1, 0.15) is 12.2 Å². The van der Waals surface area contributed by atoms with Crippen molar-refractivity contribution in [3.63, 3.8) is 0 Å². The number of hydrogen-bond acceptors (Lipinski definition) is 4. The van der Waals surface area contributed by atoms with Crippen LogP contribution in [0, 0.1) is 0 Å². The van der Waals surface area contributed by atoms with E-state index >= 15 is 0 Å². The number of aliphatic hydroxyl groups is 1. The third-order valence-corrected chi connectivity index (χ3v) is 4.66. The fourth-order valence-corrected chi connectivity index (χ4v) is 2.89. The summed E-state index contributed by atoms with van der Waals surface area (Å²) in [5.41, 5.74) is 0. The molecule has 1 aliphatic rings. The van der Waals surface area contributed by atoms with E-state index in [2.05, 4.69) is 46.2 Å². The monoisotopic (exact) mass is 464 g/mol. The van der Waals surface area contributed by atoms with Crippen molar-refractivity contribution in [2.45, 2.75) is 84.0 Å². The third kappa shape index (κ3) is 7.47. The van der Waals surface area contributed by atoms with E-state index in [1.54, 1.807) is 6.33 Å². The minimum absolute atomic E-state index is 0. The van der Waals surface area contributed by atoms with E-state index in [9.17, 15) is 5.11 Å². The summed E-state index contributed by atoms with van der Waals surface area (Å²) >= 11 is 0. The van der Waals surface area contributed by atoms with Gasteiger partial charge in [-0.25, -0.2) is 0 Å². The quantitative estimate of drug-likeness (QED) is 0.327. The Morgan fingerprint density at radius 1 is 1.36 bits per heavy atom. The fourth-order valence-electron chi connectivity index (χ4n) is 2.89. The predicted molar refractivity (Wildman–Crippen MR) is 111 cm³/mol. The summed E-state index contributed by atoms with van der Waals surface area (Å²) in [6.07, 6.45) is 7.30. The first-order valence-corrected chi connectivity index (χ1v) is 9.24. The Balaban J connectivity index is 0.00000312. The summed E-state index contributed by atoms with van der Waals surface area (Å²) < 4.78 is 2.06. The van der Waals surface area contributed by atoms with Gasteiger partial charge in [0.25, 0.3) is 0 Å². The molecule has 0 saturated heterocycles. The van der Waals surface area contributed by atoms with E-state index < -0.39 is 0 Å². The first-order valence-electron chi connectivity index (χ1n) is 9.24. The van der Waals surface area contributed by atoms with Gasteiger partial charge in [0.2, 0.25) is 0 Å². The third-order valence-electron chi connectivity index (χ3n) is 4.66. The van der Waals surface area contributed by atoms with Crippen molar-refractivity contribution in [3.05, 3.63) is 12.2 Å². The normalized spacial score (nSPS) is 22.2. The Bertz CT molecular complexity index is 513. The Labute approximate surface area is 168 Å². The van der Waals surface area contributed by atoms with Crippen molar-refractivity contribution < 1.29 is 5.11 Å². The molecule has 25 heavy (non-hydrogen) atoms. The molecule has 144 valence electrons. The summed E-state index contributed by atoms with van der Waals surface area (Å²) in [6, 6.07) is 0.774.